The molecule has 1 amide bonds. The van der Waals surface area contributed by atoms with Crippen LogP contribution >= 0.6 is 11.6 Å². The first-order valence-electron chi connectivity index (χ1n) is 10.4. The van der Waals surface area contributed by atoms with Crippen LogP contribution in [0.3, 0.4) is 0 Å². The summed E-state index contributed by atoms with van der Waals surface area (Å²) in [6.07, 6.45) is 3.70. The van der Waals surface area contributed by atoms with Crippen molar-refractivity contribution in [3.8, 4) is 11.3 Å². The van der Waals surface area contributed by atoms with E-state index >= 15 is 0 Å². The van der Waals surface area contributed by atoms with E-state index in [0.29, 0.717) is 48.4 Å². The van der Waals surface area contributed by atoms with Crippen LogP contribution in [0, 0.1) is 5.82 Å². The molecule has 0 bridgehead atoms. The van der Waals surface area contributed by atoms with Crippen molar-refractivity contribution in [1.29, 1.82) is 0 Å². The van der Waals surface area contributed by atoms with Gasteiger partial charge in [-0.3, -0.25) is 4.79 Å². The van der Waals surface area contributed by atoms with E-state index in [-0.39, 0.29) is 23.6 Å². The summed E-state index contributed by atoms with van der Waals surface area (Å²) in [6, 6.07) is 14.2. The minimum atomic E-state index is -0.370. The number of rotatable bonds is 7. The summed E-state index contributed by atoms with van der Waals surface area (Å²) in [5, 5.41) is 3.75. The fourth-order valence-electron chi connectivity index (χ4n) is 3.94. The maximum Gasteiger partial charge on any atom is 0.220 e. The molecule has 1 N–H and O–H groups in total. The fourth-order valence-corrected chi connectivity index (χ4v) is 4.13. The van der Waals surface area contributed by atoms with E-state index in [9.17, 15) is 9.18 Å². The topological polar surface area (TPSA) is 64.4 Å². The maximum atomic E-state index is 13.9. The highest BCUT2D eigenvalue weighted by Gasteiger charge is 2.35. The standard InChI is InChI=1S/C24H24ClFN2O3/c25-18-5-3-4-17(14-18)24(10-12-30-13-11-24)16-28-22(29)8-9-23-27-15-21(31-23)19-6-1-2-7-20(19)26/h1-7,14-15H,8-13,16H2,(H,28,29). The molecule has 31 heavy (non-hydrogen) atoms. The second-order valence-corrected chi connectivity index (χ2v) is 8.21. The Labute approximate surface area is 185 Å². The number of ether oxygens (including phenoxy) is 1. The number of nitrogens with one attached hydrogen (secondary N) is 1. The van der Waals surface area contributed by atoms with Crippen molar-refractivity contribution < 1.29 is 18.3 Å². The van der Waals surface area contributed by atoms with Gasteiger partial charge in [-0.2, -0.15) is 0 Å². The number of oxazole rings is 1. The molecule has 7 heteroatoms. The molecule has 0 aliphatic carbocycles. The minimum Gasteiger partial charge on any atom is -0.441 e. The number of hydrogen-bond acceptors (Lipinski definition) is 4. The first-order valence-corrected chi connectivity index (χ1v) is 10.7. The van der Waals surface area contributed by atoms with Gasteiger partial charge in [-0.15, -0.1) is 0 Å². The molecule has 0 saturated carbocycles. The van der Waals surface area contributed by atoms with E-state index in [1.807, 2.05) is 18.2 Å². The zero-order chi connectivity index (χ0) is 21.7. The lowest BCUT2D eigenvalue weighted by molar-refractivity contribution is -0.121. The molecule has 5 nitrogen and oxygen atoms in total. The van der Waals surface area contributed by atoms with Gasteiger partial charge < -0.3 is 14.5 Å². The van der Waals surface area contributed by atoms with Gasteiger partial charge in [0.25, 0.3) is 0 Å². The van der Waals surface area contributed by atoms with Crippen LogP contribution in [0.4, 0.5) is 4.39 Å². The third-order valence-electron chi connectivity index (χ3n) is 5.77. The number of amides is 1. The van der Waals surface area contributed by atoms with Crippen LogP contribution in [0.5, 0.6) is 0 Å². The predicted octanol–water partition coefficient (Wildman–Crippen LogP) is 4.93. The Morgan fingerprint density at radius 2 is 1.97 bits per heavy atom. The Balaban J connectivity index is 1.36. The normalized spacial score (nSPS) is 15.5. The molecule has 3 aromatic rings. The lowest BCUT2D eigenvalue weighted by atomic mass is 9.74. The summed E-state index contributed by atoms with van der Waals surface area (Å²) in [7, 11) is 0. The Bertz CT molecular complexity index is 1050. The fraction of sp³-hybridized carbons (Fsp3) is 0.333. The van der Waals surface area contributed by atoms with Crippen LogP contribution in [0.15, 0.2) is 59.1 Å². The molecule has 1 aliphatic heterocycles. The van der Waals surface area contributed by atoms with Gasteiger partial charge in [-0.05, 0) is 42.7 Å². The van der Waals surface area contributed by atoms with Gasteiger partial charge in [0, 0.05) is 43.0 Å². The van der Waals surface area contributed by atoms with Gasteiger partial charge >= 0.3 is 0 Å². The molecule has 1 fully saturated rings. The van der Waals surface area contributed by atoms with Crippen LogP contribution in [0.1, 0.15) is 30.7 Å². The number of aryl methyl sites for hydroxylation is 1. The minimum absolute atomic E-state index is 0.0847. The average Bonchev–Trinajstić information content (AvgIpc) is 3.26. The SMILES string of the molecule is O=C(CCc1ncc(-c2ccccc2F)o1)NCC1(c2cccc(Cl)c2)CCOCC1. The summed E-state index contributed by atoms with van der Waals surface area (Å²) in [5.41, 5.74) is 1.28. The summed E-state index contributed by atoms with van der Waals surface area (Å²) >= 11 is 6.20. The highest BCUT2D eigenvalue weighted by atomic mass is 35.5. The summed E-state index contributed by atoms with van der Waals surface area (Å²) in [6.45, 7) is 1.82. The van der Waals surface area contributed by atoms with Gasteiger partial charge in [-0.25, -0.2) is 9.37 Å². The highest BCUT2D eigenvalue weighted by molar-refractivity contribution is 6.30. The summed E-state index contributed by atoms with van der Waals surface area (Å²) < 4.78 is 25.1. The van der Waals surface area contributed by atoms with Crippen molar-refractivity contribution in [3.63, 3.8) is 0 Å². The third-order valence-corrected chi connectivity index (χ3v) is 6.00. The summed E-state index contributed by atoms with van der Waals surface area (Å²) in [4.78, 5) is 16.7. The van der Waals surface area contributed by atoms with Crippen LogP contribution in [0.2, 0.25) is 5.02 Å². The van der Waals surface area contributed by atoms with Crippen molar-refractivity contribution in [1.82, 2.24) is 10.3 Å². The molecule has 0 radical (unpaired) electrons. The molecule has 4 rings (SSSR count). The largest absolute Gasteiger partial charge is 0.441 e. The Morgan fingerprint density at radius 1 is 1.16 bits per heavy atom. The number of carbonyl (C=O) groups excluding carboxylic acids is 1. The van der Waals surface area contributed by atoms with Crippen molar-refractivity contribution in [2.24, 2.45) is 0 Å². The number of aromatic nitrogens is 1. The van der Waals surface area contributed by atoms with Crippen LogP contribution in [-0.4, -0.2) is 30.6 Å². The number of benzene rings is 2. The van der Waals surface area contributed by atoms with E-state index in [0.717, 1.165) is 18.4 Å². The van der Waals surface area contributed by atoms with E-state index < -0.39 is 0 Å². The lowest BCUT2D eigenvalue weighted by Gasteiger charge is -2.38. The first kappa shape index (κ1) is 21.5. The zero-order valence-corrected chi connectivity index (χ0v) is 17.8. The van der Waals surface area contributed by atoms with Crippen LogP contribution < -0.4 is 5.32 Å². The Kier molecular flexibility index (Phi) is 6.68. The molecular formula is C24H24ClFN2O3. The van der Waals surface area contributed by atoms with Crippen molar-refractivity contribution in [2.45, 2.75) is 31.1 Å². The van der Waals surface area contributed by atoms with E-state index in [1.54, 1.807) is 18.2 Å². The molecular weight excluding hydrogens is 419 g/mol. The van der Waals surface area contributed by atoms with Gasteiger partial charge in [0.2, 0.25) is 5.91 Å². The molecule has 1 aliphatic rings. The first-order chi connectivity index (χ1) is 15.1. The third kappa shape index (κ3) is 5.14. The van der Waals surface area contributed by atoms with Crippen LogP contribution in [0.25, 0.3) is 11.3 Å². The molecule has 162 valence electrons. The van der Waals surface area contributed by atoms with E-state index in [4.69, 9.17) is 20.8 Å². The van der Waals surface area contributed by atoms with Gasteiger partial charge in [0.1, 0.15) is 5.82 Å². The molecule has 1 aromatic heterocycles. The smallest absolute Gasteiger partial charge is 0.220 e. The lowest BCUT2D eigenvalue weighted by Crippen LogP contribution is -2.44. The maximum absolute atomic E-state index is 13.9. The Hall–Kier alpha value is -2.70. The Morgan fingerprint density at radius 3 is 2.74 bits per heavy atom. The van der Waals surface area contributed by atoms with Gasteiger partial charge in [0.15, 0.2) is 11.7 Å². The zero-order valence-electron chi connectivity index (χ0n) is 17.1. The van der Waals surface area contributed by atoms with E-state index in [1.165, 1.54) is 12.3 Å². The van der Waals surface area contributed by atoms with Gasteiger partial charge in [0.05, 0.1) is 11.8 Å². The molecule has 2 aromatic carbocycles. The monoisotopic (exact) mass is 442 g/mol. The predicted molar refractivity (Wildman–Crippen MR) is 116 cm³/mol. The van der Waals surface area contributed by atoms with Crippen molar-refractivity contribution >= 4 is 17.5 Å². The second kappa shape index (κ2) is 9.62. The molecule has 0 spiro atoms. The summed E-state index contributed by atoms with van der Waals surface area (Å²) in [5.74, 6) is 0.309. The van der Waals surface area contributed by atoms with Gasteiger partial charge in [-0.1, -0.05) is 35.9 Å². The van der Waals surface area contributed by atoms with Crippen LogP contribution in [-0.2, 0) is 21.4 Å². The number of nitrogens with zero attached hydrogens (tertiary/aromatic N) is 1. The molecule has 0 atom stereocenters. The number of carbonyl (C=O) groups is 1. The van der Waals surface area contributed by atoms with Crippen molar-refractivity contribution in [3.05, 3.63) is 77.0 Å². The second-order valence-electron chi connectivity index (χ2n) is 7.78. The average molecular weight is 443 g/mol. The number of hydrogen-bond donors (Lipinski definition) is 1. The molecule has 1 saturated heterocycles. The number of halogens is 2. The highest BCUT2D eigenvalue weighted by Crippen LogP contribution is 2.35. The quantitative estimate of drug-likeness (QED) is 0.563. The van der Waals surface area contributed by atoms with Crippen molar-refractivity contribution in [2.75, 3.05) is 19.8 Å². The molecule has 2 heterocycles. The molecule has 0 unspecified atom stereocenters. The van der Waals surface area contributed by atoms with E-state index in [2.05, 4.69) is 16.4 Å².